The number of nitrogens with one attached hydrogen (secondary N) is 1. The Morgan fingerprint density at radius 1 is 1.06 bits per heavy atom. The van der Waals surface area contributed by atoms with E-state index in [9.17, 15) is 9.90 Å². The number of allylic oxidation sites excluding steroid dienone is 5. The van der Waals surface area contributed by atoms with E-state index in [2.05, 4.69) is 32.2 Å². The molecule has 5 heteroatoms. The molecule has 1 heterocycles. The van der Waals surface area contributed by atoms with Gasteiger partial charge in [-0.25, -0.2) is 0 Å². The number of aliphatic hydroxyl groups is 1. The minimum Gasteiger partial charge on any atom is -0.508 e. The number of carbonyl (C=O) groups excluding carboxylic acids is 1. The number of likely N-dealkylation sites (tertiary alicyclic amines) is 1. The van der Waals surface area contributed by atoms with Crippen molar-refractivity contribution in [2.75, 3.05) is 19.6 Å². The minimum absolute atomic E-state index is 0.0271. The van der Waals surface area contributed by atoms with E-state index >= 15 is 0 Å². The molecule has 1 fully saturated rings. The van der Waals surface area contributed by atoms with Crippen molar-refractivity contribution in [3.8, 4) is 0 Å². The van der Waals surface area contributed by atoms with Gasteiger partial charge in [-0.3, -0.25) is 4.79 Å². The maximum absolute atomic E-state index is 12.6. The molecule has 1 saturated heterocycles. The molecule has 2 aromatic carbocycles. The Balaban J connectivity index is 1.22. The van der Waals surface area contributed by atoms with Crippen LogP contribution >= 0.6 is 15.9 Å². The van der Waals surface area contributed by atoms with E-state index in [0.29, 0.717) is 18.2 Å². The largest absolute Gasteiger partial charge is 0.508 e. The van der Waals surface area contributed by atoms with Gasteiger partial charge in [0.15, 0.2) is 0 Å². The summed E-state index contributed by atoms with van der Waals surface area (Å²) in [6.45, 7) is 3.75. The maximum atomic E-state index is 12.6. The van der Waals surface area contributed by atoms with Gasteiger partial charge >= 0.3 is 0 Å². The van der Waals surface area contributed by atoms with Crippen molar-refractivity contribution in [1.29, 1.82) is 0 Å². The van der Waals surface area contributed by atoms with Gasteiger partial charge in [-0.2, -0.15) is 0 Å². The van der Waals surface area contributed by atoms with E-state index < -0.39 is 0 Å². The van der Waals surface area contributed by atoms with Gasteiger partial charge in [0.1, 0.15) is 5.76 Å². The first-order valence-corrected chi connectivity index (χ1v) is 12.9. The SMILES string of the molecule is O=C(NCc1ccccc1)c1cccc(CCN2CCC(CC3=C(Br)CC=CC(O)=C3)CC2)c1. The van der Waals surface area contributed by atoms with Gasteiger partial charge in [0.25, 0.3) is 5.91 Å². The standard InChI is InChI=1S/C29H33BrN2O2/c30-28-11-5-10-27(33)20-26(28)19-23-13-16-32(17-14-23)15-12-22-8-4-9-25(18-22)29(34)31-21-24-6-2-1-3-7-24/h1-10,18,20,23,33H,11-17,19,21H2,(H,31,34). The molecule has 0 atom stereocenters. The van der Waals surface area contributed by atoms with Crippen molar-refractivity contribution in [3.63, 3.8) is 0 Å². The first-order chi connectivity index (χ1) is 16.6. The van der Waals surface area contributed by atoms with Crippen molar-refractivity contribution in [3.05, 3.63) is 105 Å². The second kappa shape index (κ2) is 12.2. The number of aliphatic hydroxyl groups excluding tert-OH is 1. The van der Waals surface area contributed by atoms with Crippen molar-refractivity contribution in [2.24, 2.45) is 5.92 Å². The van der Waals surface area contributed by atoms with Crippen LogP contribution in [0.3, 0.4) is 0 Å². The van der Waals surface area contributed by atoms with Crippen molar-refractivity contribution >= 4 is 21.8 Å². The van der Waals surface area contributed by atoms with Crippen LogP contribution in [0.5, 0.6) is 0 Å². The summed E-state index contributed by atoms with van der Waals surface area (Å²) in [5, 5.41) is 13.0. The number of carbonyl (C=O) groups is 1. The Bertz CT molecular complexity index is 1070. The summed E-state index contributed by atoms with van der Waals surface area (Å²) in [5.74, 6) is 0.969. The number of hydrogen-bond donors (Lipinski definition) is 2. The average molecular weight is 521 g/mol. The summed E-state index contributed by atoms with van der Waals surface area (Å²) >= 11 is 3.69. The van der Waals surface area contributed by atoms with E-state index in [0.717, 1.165) is 50.0 Å². The van der Waals surface area contributed by atoms with Crippen LogP contribution in [0.2, 0.25) is 0 Å². The first-order valence-electron chi connectivity index (χ1n) is 12.1. The molecule has 2 N–H and O–H groups in total. The quantitative estimate of drug-likeness (QED) is 0.428. The lowest BCUT2D eigenvalue weighted by molar-refractivity contribution is 0.0950. The molecule has 0 aromatic heterocycles. The van der Waals surface area contributed by atoms with Crippen LogP contribution in [0.1, 0.15) is 47.2 Å². The number of piperidine rings is 1. The zero-order chi connectivity index (χ0) is 23.8. The number of amides is 1. The van der Waals surface area contributed by atoms with E-state index in [1.807, 2.05) is 60.7 Å². The predicted molar refractivity (Wildman–Crippen MR) is 142 cm³/mol. The summed E-state index contributed by atoms with van der Waals surface area (Å²) in [4.78, 5) is 15.1. The van der Waals surface area contributed by atoms with Crippen LogP contribution < -0.4 is 5.32 Å². The van der Waals surface area contributed by atoms with E-state index in [1.165, 1.54) is 28.5 Å². The molecule has 4 nitrogen and oxygen atoms in total. The van der Waals surface area contributed by atoms with Crippen LogP contribution in [0.4, 0.5) is 0 Å². The monoisotopic (exact) mass is 520 g/mol. The molecular formula is C29H33BrN2O2. The van der Waals surface area contributed by atoms with Crippen LogP contribution in [-0.2, 0) is 13.0 Å². The Morgan fingerprint density at radius 3 is 2.62 bits per heavy atom. The highest BCUT2D eigenvalue weighted by atomic mass is 79.9. The molecule has 2 aliphatic rings. The highest BCUT2D eigenvalue weighted by molar-refractivity contribution is 9.11. The van der Waals surface area contributed by atoms with Gasteiger partial charge in [-0.15, -0.1) is 0 Å². The van der Waals surface area contributed by atoms with Crippen LogP contribution in [0.15, 0.2) is 88.6 Å². The van der Waals surface area contributed by atoms with Gasteiger partial charge in [-0.1, -0.05) is 64.5 Å². The number of benzene rings is 2. The number of nitrogens with zero attached hydrogens (tertiary/aromatic N) is 1. The molecule has 0 spiro atoms. The lowest BCUT2D eigenvalue weighted by Crippen LogP contribution is -2.35. The fourth-order valence-corrected chi connectivity index (χ4v) is 5.11. The fraction of sp³-hybridized carbons (Fsp3) is 0.345. The molecule has 0 unspecified atom stereocenters. The molecule has 1 aliphatic carbocycles. The smallest absolute Gasteiger partial charge is 0.251 e. The lowest BCUT2D eigenvalue weighted by atomic mass is 9.89. The fourth-order valence-electron chi connectivity index (χ4n) is 4.65. The van der Waals surface area contributed by atoms with Crippen molar-refractivity contribution in [2.45, 2.75) is 38.6 Å². The third-order valence-corrected chi connectivity index (χ3v) is 7.51. The van der Waals surface area contributed by atoms with Gasteiger partial charge in [-0.05, 0) is 92.1 Å². The van der Waals surface area contributed by atoms with Crippen molar-refractivity contribution in [1.82, 2.24) is 10.2 Å². The molecule has 1 aliphatic heterocycles. The zero-order valence-electron chi connectivity index (χ0n) is 19.6. The summed E-state index contributed by atoms with van der Waals surface area (Å²) in [6.07, 6.45) is 10.8. The average Bonchev–Trinajstić information content (AvgIpc) is 3.02. The Hall–Kier alpha value is -2.63. The third-order valence-electron chi connectivity index (χ3n) is 6.67. The van der Waals surface area contributed by atoms with Gasteiger partial charge < -0.3 is 15.3 Å². The number of rotatable bonds is 8. The number of halogens is 1. The van der Waals surface area contributed by atoms with Gasteiger partial charge in [0.05, 0.1) is 0 Å². The maximum Gasteiger partial charge on any atom is 0.251 e. The summed E-state index contributed by atoms with van der Waals surface area (Å²) in [5.41, 5.74) is 4.25. The zero-order valence-corrected chi connectivity index (χ0v) is 21.1. The molecule has 0 saturated carbocycles. The van der Waals surface area contributed by atoms with Crippen LogP contribution in [-0.4, -0.2) is 35.5 Å². The van der Waals surface area contributed by atoms with E-state index in [4.69, 9.17) is 0 Å². The van der Waals surface area contributed by atoms with Gasteiger partial charge in [0.2, 0.25) is 0 Å². The minimum atomic E-state index is -0.0271. The predicted octanol–water partition coefficient (Wildman–Crippen LogP) is 6.31. The van der Waals surface area contributed by atoms with Crippen LogP contribution in [0, 0.1) is 5.92 Å². The highest BCUT2D eigenvalue weighted by Crippen LogP contribution is 2.31. The molecular weight excluding hydrogens is 488 g/mol. The Morgan fingerprint density at radius 2 is 1.82 bits per heavy atom. The van der Waals surface area contributed by atoms with E-state index in [1.54, 1.807) is 6.08 Å². The highest BCUT2D eigenvalue weighted by Gasteiger charge is 2.21. The number of hydrogen-bond acceptors (Lipinski definition) is 3. The topological polar surface area (TPSA) is 52.6 Å². The van der Waals surface area contributed by atoms with Crippen LogP contribution in [0.25, 0.3) is 0 Å². The summed E-state index contributed by atoms with van der Waals surface area (Å²) in [6, 6.07) is 18.0. The molecule has 2 aromatic rings. The van der Waals surface area contributed by atoms with Gasteiger partial charge in [0, 0.05) is 23.1 Å². The second-order valence-electron chi connectivity index (χ2n) is 9.21. The third kappa shape index (κ3) is 7.18. The molecule has 0 bridgehead atoms. The van der Waals surface area contributed by atoms with E-state index in [-0.39, 0.29) is 5.91 Å². The Labute approximate surface area is 211 Å². The molecule has 178 valence electrons. The summed E-state index contributed by atoms with van der Waals surface area (Å²) in [7, 11) is 0. The Kier molecular flexibility index (Phi) is 8.78. The van der Waals surface area contributed by atoms with Crippen molar-refractivity contribution < 1.29 is 9.90 Å². The molecule has 4 rings (SSSR count). The summed E-state index contributed by atoms with van der Waals surface area (Å²) < 4.78 is 1.18. The first kappa shape index (κ1) is 24.5. The lowest BCUT2D eigenvalue weighted by Gasteiger charge is -2.32. The second-order valence-corrected chi connectivity index (χ2v) is 10.2. The molecule has 0 radical (unpaired) electrons. The molecule has 34 heavy (non-hydrogen) atoms. The molecule has 1 amide bonds. The normalized spacial score (nSPS) is 17.4.